The van der Waals surface area contributed by atoms with Crippen molar-refractivity contribution in [3.63, 3.8) is 0 Å². The molecule has 1 atom stereocenters. The molecule has 0 aliphatic carbocycles. The maximum atomic E-state index is 13.1. The lowest BCUT2D eigenvalue weighted by Crippen LogP contribution is -2.52. The number of aliphatic hydroxyl groups excluding tert-OH is 1. The van der Waals surface area contributed by atoms with Crippen LogP contribution in [0.15, 0.2) is 47.4 Å². The number of fused-ring (bicyclic) bond motifs is 1. The van der Waals surface area contributed by atoms with Crippen LogP contribution in [-0.2, 0) is 10.0 Å². The minimum absolute atomic E-state index is 0.129. The summed E-state index contributed by atoms with van der Waals surface area (Å²) in [6.07, 6.45) is 1.95. The quantitative estimate of drug-likeness (QED) is 0.857. The Morgan fingerprint density at radius 2 is 1.72 bits per heavy atom. The molecule has 5 nitrogen and oxygen atoms in total. The van der Waals surface area contributed by atoms with Crippen LogP contribution in [0.5, 0.6) is 0 Å². The van der Waals surface area contributed by atoms with Crippen molar-refractivity contribution in [2.75, 3.05) is 32.8 Å². The van der Waals surface area contributed by atoms with Gasteiger partial charge in [0.05, 0.1) is 11.5 Å². The van der Waals surface area contributed by atoms with Crippen molar-refractivity contribution >= 4 is 20.8 Å². The molecule has 1 aliphatic rings. The SMILES string of the molecule is CCC[C@H](CO)N1CCN(S(=O)(=O)c2cccc3ccccc23)CC1. The van der Waals surface area contributed by atoms with Gasteiger partial charge in [0, 0.05) is 37.6 Å². The predicted octanol–water partition coefficient (Wildman–Crippen LogP) is 2.31. The molecule has 0 radical (unpaired) electrons. The van der Waals surface area contributed by atoms with E-state index in [-0.39, 0.29) is 12.6 Å². The monoisotopic (exact) mass is 362 g/mol. The van der Waals surface area contributed by atoms with Crippen LogP contribution in [0.4, 0.5) is 0 Å². The van der Waals surface area contributed by atoms with Crippen molar-refractivity contribution in [3.8, 4) is 0 Å². The molecular formula is C19H26N2O3S. The summed E-state index contributed by atoms with van der Waals surface area (Å²) in [5, 5.41) is 11.3. The first-order valence-electron chi connectivity index (χ1n) is 8.90. The maximum absolute atomic E-state index is 13.1. The van der Waals surface area contributed by atoms with Crippen LogP contribution >= 0.6 is 0 Å². The molecule has 3 rings (SSSR count). The molecule has 0 unspecified atom stereocenters. The zero-order valence-corrected chi connectivity index (χ0v) is 15.5. The van der Waals surface area contributed by atoms with Gasteiger partial charge in [0.1, 0.15) is 0 Å². The summed E-state index contributed by atoms with van der Waals surface area (Å²) in [6, 6.07) is 13.1. The number of hydrogen-bond acceptors (Lipinski definition) is 4. The highest BCUT2D eigenvalue weighted by Gasteiger charge is 2.31. The third-order valence-corrected chi connectivity index (χ3v) is 6.95. The predicted molar refractivity (Wildman–Crippen MR) is 100 cm³/mol. The second kappa shape index (κ2) is 7.83. The van der Waals surface area contributed by atoms with Crippen molar-refractivity contribution < 1.29 is 13.5 Å². The highest BCUT2D eigenvalue weighted by atomic mass is 32.2. The fourth-order valence-electron chi connectivity index (χ4n) is 3.59. The van der Waals surface area contributed by atoms with Gasteiger partial charge in [-0.05, 0) is 17.9 Å². The molecule has 0 saturated carbocycles. The maximum Gasteiger partial charge on any atom is 0.243 e. The largest absolute Gasteiger partial charge is 0.395 e. The molecule has 1 saturated heterocycles. The summed E-state index contributed by atoms with van der Waals surface area (Å²) in [6.45, 7) is 4.48. The van der Waals surface area contributed by atoms with E-state index in [0.29, 0.717) is 31.1 Å². The van der Waals surface area contributed by atoms with Crippen molar-refractivity contribution in [3.05, 3.63) is 42.5 Å². The van der Waals surface area contributed by atoms with Crippen LogP contribution in [0.3, 0.4) is 0 Å². The fraction of sp³-hybridized carbons (Fsp3) is 0.474. The van der Waals surface area contributed by atoms with E-state index < -0.39 is 10.0 Å². The average Bonchev–Trinajstić information content (AvgIpc) is 2.65. The Kier molecular flexibility index (Phi) is 5.74. The van der Waals surface area contributed by atoms with Gasteiger partial charge < -0.3 is 5.11 Å². The van der Waals surface area contributed by atoms with Gasteiger partial charge in [0.2, 0.25) is 10.0 Å². The summed E-state index contributed by atoms with van der Waals surface area (Å²) in [4.78, 5) is 2.59. The summed E-state index contributed by atoms with van der Waals surface area (Å²) < 4.78 is 27.8. The van der Waals surface area contributed by atoms with E-state index >= 15 is 0 Å². The van der Waals surface area contributed by atoms with Crippen LogP contribution in [-0.4, -0.2) is 61.6 Å². The van der Waals surface area contributed by atoms with Gasteiger partial charge in [-0.25, -0.2) is 8.42 Å². The molecule has 2 aromatic carbocycles. The van der Waals surface area contributed by atoms with Gasteiger partial charge in [0.25, 0.3) is 0 Å². The van der Waals surface area contributed by atoms with E-state index in [1.54, 1.807) is 16.4 Å². The Balaban J connectivity index is 1.80. The number of aliphatic hydroxyl groups is 1. The zero-order valence-electron chi connectivity index (χ0n) is 14.6. The molecule has 1 aliphatic heterocycles. The molecule has 0 amide bonds. The lowest BCUT2D eigenvalue weighted by molar-refractivity contribution is 0.0848. The molecular weight excluding hydrogens is 336 g/mol. The third-order valence-electron chi connectivity index (χ3n) is 4.99. The average molecular weight is 362 g/mol. The molecule has 0 aromatic heterocycles. The number of piperazine rings is 1. The van der Waals surface area contributed by atoms with Crippen LogP contribution < -0.4 is 0 Å². The highest BCUT2D eigenvalue weighted by Crippen LogP contribution is 2.26. The van der Waals surface area contributed by atoms with Crippen molar-refractivity contribution in [2.24, 2.45) is 0 Å². The first-order valence-corrected chi connectivity index (χ1v) is 10.3. The number of rotatable bonds is 6. The highest BCUT2D eigenvalue weighted by molar-refractivity contribution is 7.89. The Morgan fingerprint density at radius 3 is 2.40 bits per heavy atom. The fourth-order valence-corrected chi connectivity index (χ4v) is 5.23. The molecule has 1 heterocycles. The van der Waals surface area contributed by atoms with Gasteiger partial charge in [-0.15, -0.1) is 0 Å². The molecule has 0 bridgehead atoms. The standard InChI is InChI=1S/C19H26N2O3S/c1-2-6-17(15-22)20-11-13-21(14-12-20)25(23,24)19-10-5-8-16-7-3-4-9-18(16)19/h3-5,7-10,17,22H,2,6,11-15H2,1H3/t17-/m1/s1. The Bertz CT molecular complexity index is 809. The number of nitrogens with zero attached hydrogens (tertiary/aromatic N) is 2. The van der Waals surface area contributed by atoms with E-state index in [0.717, 1.165) is 23.6 Å². The number of sulfonamides is 1. The van der Waals surface area contributed by atoms with Gasteiger partial charge >= 0.3 is 0 Å². The van der Waals surface area contributed by atoms with Crippen molar-refractivity contribution in [1.29, 1.82) is 0 Å². The minimum Gasteiger partial charge on any atom is -0.395 e. The first kappa shape index (κ1) is 18.3. The second-order valence-electron chi connectivity index (χ2n) is 6.54. The van der Waals surface area contributed by atoms with E-state index in [9.17, 15) is 13.5 Å². The van der Waals surface area contributed by atoms with Crippen LogP contribution in [0.1, 0.15) is 19.8 Å². The molecule has 1 fully saturated rings. The second-order valence-corrected chi connectivity index (χ2v) is 8.45. The Morgan fingerprint density at radius 1 is 1.04 bits per heavy atom. The number of hydrogen-bond donors (Lipinski definition) is 1. The van der Waals surface area contributed by atoms with Crippen LogP contribution in [0.25, 0.3) is 10.8 Å². The lowest BCUT2D eigenvalue weighted by atomic mass is 10.1. The summed E-state index contributed by atoms with van der Waals surface area (Å²) in [5.74, 6) is 0. The van der Waals surface area contributed by atoms with Crippen LogP contribution in [0, 0.1) is 0 Å². The van der Waals surface area contributed by atoms with Gasteiger partial charge in [-0.2, -0.15) is 4.31 Å². The minimum atomic E-state index is -3.51. The Labute approximate surface area is 149 Å². The summed E-state index contributed by atoms with van der Waals surface area (Å²) in [7, 11) is -3.51. The molecule has 136 valence electrons. The normalized spacial score (nSPS) is 18.5. The van der Waals surface area contributed by atoms with E-state index in [2.05, 4.69) is 11.8 Å². The summed E-state index contributed by atoms with van der Waals surface area (Å²) in [5.41, 5.74) is 0. The molecule has 0 spiro atoms. The summed E-state index contributed by atoms with van der Waals surface area (Å²) >= 11 is 0. The lowest BCUT2D eigenvalue weighted by Gasteiger charge is -2.38. The van der Waals surface area contributed by atoms with Crippen molar-refractivity contribution in [2.45, 2.75) is 30.7 Å². The van der Waals surface area contributed by atoms with E-state index in [4.69, 9.17) is 0 Å². The molecule has 1 N–H and O–H groups in total. The topological polar surface area (TPSA) is 60.9 Å². The van der Waals surface area contributed by atoms with Gasteiger partial charge in [0.15, 0.2) is 0 Å². The van der Waals surface area contributed by atoms with Crippen molar-refractivity contribution in [1.82, 2.24) is 9.21 Å². The smallest absolute Gasteiger partial charge is 0.243 e. The molecule has 6 heteroatoms. The zero-order chi connectivity index (χ0) is 17.9. The van der Waals surface area contributed by atoms with Gasteiger partial charge in [-0.1, -0.05) is 49.7 Å². The number of benzene rings is 2. The van der Waals surface area contributed by atoms with E-state index in [1.807, 2.05) is 30.3 Å². The van der Waals surface area contributed by atoms with Gasteiger partial charge in [-0.3, -0.25) is 4.90 Å². The molecule has 2 aromatic rings. The van der Waals surface area contributed by atoms with E-state index in [1.165, 1.54) is 0 Å². The Hall–Kier alpha value is -1.47. The van der Waals surface area contributed by atoms with Crippen LogP contribution in [0.2, 0.25) is 0 Å². The first-order chi connectivity index (χ1) is 12.1. The third kappa shape index (κ3) is 3.72. The molecule has 25 heavy (non-hydrogen) atoms.